The summed E-state index contributed by atoms with van der Waals surface area (Å²) in [5.41, 5.74) is 2.88. The number of rotatable bonds is 6. The van der Waals surface area contributed by atoms with Crippen molar-refractivity contribution >= 4 is 29.0 Å². The monoisotopic (exact) mass is 381 g/mol. The number of ether oxygens (including phenoxy) is 1. The van der Waals surface area contributed by atoms with E-state index in [-0.39, 0.29) is 23.8 Å². The minimum atomic E-state index is -0.260. The molecule has 4 nitrogen and oxygen atoms in total. The molecule has 1 heterocycles. The second-order valence-electron chi connectivity index (χ2n) is 6.63. The lowest BCUT2D eigenvalue weighted by molar-refractivity contribution is -0.123. The van der Waals surface area contributed by atoms with Gasteiger partial charge < -0.3 is 4.74 Å². The van der Waals surface area contributed by atoms with Crippen LogP contribution in [0.25, 0.3) is 6.08 Å². The van der Waals surface area contributed by atoms with Crippen LogP contribution in [0.2, 0.25) is 0 Å². The molecule has 0 saturated carbocycles. The molecule has 1 atom stereocenters. The highest BCUT2D eigenvalue weighted by molar-refractivity contribution is 8.18. The highest BCUT2D eigenvalue weighted by Crippen LogP contribution is 2.35. The molecule has 1 saturated heterocycles. The van der Waals surface area contributed by atoms with Gasteiger partial charge in [-0.15, -0.1) is 0 Å². The van der Waals surface area contributed by atoms with Gasteiger partial charge in [0, 0.05) is 5.56 Å². The molecule has 0 N–H and O–H groups in total. The molecule has 0 radical (unpaired) electrons. The molecule has 3 rings (SSSR count). The van der Waals surface area contributed by atoms with E-state index in [1.54, 1.807) is 6.08 Å². The number of thioether (sulfide) groups is 1. The fourth-order valence-corrected chi connectivity index (χ4v) is 3.49. The average Bonchev–Trinajstić information content (AvgIpc) is 2.92. The van der Waals surface area contributed by atoms with E-state index in [0.29, 0.717) is 4.91 Å². The van der Waals surface area contributed by atoms with Gasteiger partial charge in [0.2, 0.25) is 0 Å². The minimum Gasteiger partial charge on any atom is -0.490 e. The zero-order chi connectivity index (χ0) is 19.4. The smallest absolute Gasteiger partial charge is 0.293 e. The molecule has 1 unspecified atom stereocenters. The molecule has 1 fully saturated rings. The van der Waals surface area contributed by atoms with E-state index in [1.165, 1.54) is 4.90 Å². The summed E-state index contributed by atoms with van der Waals surface area (Å²) in [4.78, 5) is 26.8. The maximum absolute atomic E-state index is 12.8. The molecule has 0 aromatic heterocycles. The Labute approximate surface area is 164 Å². The highest BCUT2D eigenvalue weighted by Gasteiger charge is 2.35. The van der Waals surface area contributed by atoms with Gasteiger partial charge in [-0.2, -0.15) is 0 Å². The summed E-state index contributed by atoms with van der Waals surface area (Å²) in [6.07, 6.45) is 2.72. The van der Waals surface area contributed by atoms with Crippen molar-refractivity contribution in [2.45, 2.75) is 39.8 Å². The van der Waals surface area contributed by atoms with Crippen molar-refractivity contribution in [3.63, 3.8) is 0 Å². The van der Waals surface area contributed by atoms with Gasteiger partial charge >= 0.3 is 0 Å². The fourth-order valence-electron chi connectivity index (χ4n) is 2.66. The van der Waals surface area contributed by atoms with Crippen LogP contribution < -0.4 is 4.74 Å². The van der Waals surface area contributed by atoms with Crippen LogP contribution in [0.3, 0.4) is 0 Å². The Balaban J connectivity index is 1.81. The summed E-state index contributed by atoms with van der Waals surface area (Å²) in [7, 11) is 0. The second kappa shape index (κ2) is 8.44. The maximum Gasteiger partial charge on any atom is 0.293 e. The third-order valence-corrected chi connectivity index (χ3v) is 5.35. The van der Waals surface area contributed by atoms with Crippen molar-refractivity contribution in [1.29, 1.82) is 0 Å². The molecule has 2 aromatic rings. The first-order chi connectivity index (χ1) is 13.0. The lowest BCUT2D eigenvalue weighted by Crippen LogP contribution is -2.27. The summed E-state index contributed by atoms with van der Waals surface area (Å²) in [6, 6.07) is 15.4. The zero-order valence-corrected chi connectivity index (χ0v) is 16.6. The van der Waals surface area contributed by atoms with Crippen molar-refractivity contribution < 1.29 is 14.3 Å². The molecule has 0 bridgehead atoms. The van der Waals surface area contributed by atoms with Crippen LogP contribution in [0, 0.1) is 6.92 Å². The average molecular weight is 381 g/mol. The number of para-hydroxylation sites is 1. The summed E-state index contributed by atoms with van der Waals surface area (Å²) < 4.78 is 5.94. The van der Waals surface area contributed by atoms with Crippen LogP contribution in [-0.4, -0.2) is 22.2 Å². The number of imide groups is 1. The lowest BCUT2D eigenvalue weighted by Gasteiger charge is -2.15. The van der Waals surface area contributed by atoms with Gasteiger partial charge in [0.05, 0.1) is 17.6 Å². The van der Waals surface area contributed by atoms with Crippen LogP contribution >= 0.6 is 11.8 Å². The highest BCUT2D eigenvalue weighted by atomic mass is 32.2. The van der Waals surface area contributed by atoms with Gasteiger partial charge in [0.15, 0.2) is 0 Å². The second-order valence-corrected chi connectivity index (χ2v) is 7.62. The van der Waals surface area contributed by atoms with Gasteiger partial charge in [0.1, 0.15) is 5.75 Å². The Bertz CT molecular complexity index is 873. The summed E-state index contributed by atoms with van der Waals surface area (Å²) in [5, 5.41) is -0.243. The van der Waals surface area contributed by atoms with Crippen molar-refractivity contribution in [3.8, 4) is 5.75 Å². The standard InChI is InChI=1S/C22H23NO3S/c1-4-16(3)26-19-8-6-5-7-18(19)13-20-21(24)23(22(25)27-20)14-17-11-9-15(2)10-12-17/h5-13,16H,4,14H2,1-3H3/b20-13-. The third kappa shape index (κ3) is 4.61. The van der Waals surface area contributed by atoms with Crippen LogP contribution in [0.15, 0.2) is 53.4 Å². The predicted molar refractivity (Wildman–Crippen MR) is 110 cm³/mol. The Hall–Kier alpha value is -2.53. The number of nitrogens with zero attached hydrogens (tertiary/aromatic N) is 1. The number of aryl methyl sites for hydroxylation is 1. The molecule has 2 amide bonds. The SMILES string of the molecule is CCC(C)Oc1ccccc1/C=C1\SC(=O)N(Cc2ccc(C)cc2)C1=O. The summed E-state index contributed by atoms with van der Waals surface area (Å²) in [6.45, 7) is 6.36. The molecule has 0 aliphatic carbocycles. The normalized spacial score (nSPS) is 16.9. The van der Waals surface area contributed by atoms with Crippen molar-refractivity contribution in [3.05, 3.63) is 70.1 Å². The first kappa shape index (κ1) is 19.2. The lowest BCUT2D eigenvalue weighted by atomic mass is 10.1. The molecule has 1 aliphatic rings. The van der Waals surface area contributed by atoms with Gasteiger partial charge in [-0.25, -0.2) is 0 Å². The summed E-state index contributed by atoms with van der Waals surface area (Å²) >= 11 is 0.975. The first-order valence-corrected chi connectivity index (χ1v) is 9.86. The first-order valence-electron chi connectivity index (χ1n) is 9.04. The number of carbonyl (C=O) groups is 2. The van der Waals surface area contributed by atoms with Gasteiger partial charge in [0.25, 0.3) is 11.1 Å². The van der Waals surface area contributed by atoms with Gasteiger partial charge in [-0.05, 0) is 49.7 Å². The van der Waals surface area contributed by atoms with E-state index in [2.05, 4.69) is 6.92 Å². The molecular weight excluding hydrogens is 358 g/mol. The Morgan fingerprint density at radius 1 is 1.11 bits per heavy atom. The topological polar surface area (TPSA) is 46.6 Å². The fraction of sp³-hybridized carbons (Fsp3) is 0.273. The molecule has 2 aromatic carbocycles. The number of hydrogen-bond donors (Lipinski definition) is 0. The Morgan fingerprint density at radius 2 is 1.81 bits per heavy atom. The van der Waals surface area contributed by atoms with Crippen molar-refractivity contribution in [1.82, 2.24) is 4.90 Å². The van der Waals surface area contributed by atoms with Crippen molar-refractivity contribution in [2.75, 3.05) is 0 Å². The van der Waals surface area contributed by atoms with E-state index in [4.69, 9.17) is 4.74 Å². The minimum absolute atomic E-state index is 0.0798. The molecule has 1 aliphatic heterocycles. The Morgan fingerprint density at radius 3 is 2.52 bits per heavy atom. The van der Waals surface area contributed by atoms with E-state index in [1.807, 2.05) is 62.4 Å². The van der Waals surface area contributed by atoms with Crippen LogP contribution in [0.4, 0.5) is 4.79 Å². The number of amides is 2. The maximum atomic E-state index is 12.8. The van der Waals surface area contributed by atoms with Gasteiger partial charge in [-0.1, -0.05) is 55.0 Å². The molecular formula is C22H23NO3S. The van der Waals surface area contributed by atoms with E-state index < -0.39 is 0 Å². The van der Waals surface area contributed by atoms with Crippen LogP contribution in [0.5, 0.6) is 5.75 Å². The molecule has 5 heteroatoms. The largest absolute Gasteiger partial charge is 0.490 e. The molecule has 27 heavy (non-hydrogen) atoms. The van der Waals surface area contributed by atoms with Gasteiger partial charge in [-0.3, -0.25) is 14.5 Å². The number of hydrogen-bond acceptors (Lipinski definition) is 4. The molecule has 0 spiro atoms. The van der Waals surface area contributed by atoms with Crippen molar-refractivity contribution in [2.24, 2.45) is 0 Å². The van der Waals surface area contributed by atoms with Crippen LogP contribution in [0.1, 0.15) is 37.0 Å². The third-order valence-electron chi connectivity index (χ3n) is 4.44. The number of benzene rings is 2. The summed E-state index contributed by atoms with van der Waals surface area (Å²) in [5.74, 6) is 0.459. The predicted octanol–water partition coefficient (Wildman–Crippen LogP) is 5.41. The zero-order valence-electron chi connectivity index (χ0n) is 15.8. The van der Waals surface area contributed by atoms with E-state index in [0.717, 1.165) is 40.6 Å². The van der Waals surface area contributed by atoms with Crippen LogP contribution in [-0.2, 0) is 11.3 Å². The Kier molecular flexibility index (Phi) is 6.01. The van der Waals surface area contributed by atoms with E-state index >= 15 is 0 Å². The molecule has 140 valence electrons. The quantitative estimate of drug-likeness (QED) is 0.628. The number of carbonyl (C=O) groups excluding carboxylic acids is 2. The van der Waals surface area contributed by atoms with E-state index in [9.17, 15) is 9.59 Å².